The van der Waals surface area contributed by atoms with Gasteiger partial charge >= 0.3 is 5.97 Å². The number of fused-ring (bicyclic) bond motifs is 1. The van der Waals surface area contributed by atoms with Crippen LogP contribution < -0.4 is 10.2 Å². The molecule has 29 heavy (non-hydrogen) atoms. The fourth-order valence-corrected chi connectivity index (χ4v) is 3.21. The molecule has 4 rings (SSSR count). The molecule has 2 heterocycles. The Morgan fingerprint density at radius 2 is 1.83 bits per heavy atom. The SMILES string of the molecule is O=C(O)c1ccc(COc2c(-c3ccccc3Cl)oc3ccc(Cl)cc3c2=O)o1. The van der Waals surface area contributed by atoms with Gasteiger partial charge in [0.05, 0.1) is 10.4 Å². The van der Waals surface area contributed by atoms with Crippen LogP contribution in [0.3, 0.4) is 0 Å². The Morgan fingerprint density at radius 1 is 1.03 bits per heavy atom. The van der Waals surface area contributed by atoms with Crippen molar-refractivity contribution in [1.82, 2.24) is 0 Å². The van der Waals surface area contributed by atoms with E-state index in [0.29, 0.717) is 21.2 Å². The Hall–Kier alpha value is -3.22. The van der Waals surface area contributed by atoms with E-state index >= 15 is 0 Å². The summed E-state index contributed by atoms with van der Waals surface area (Å²) in [6.07, 6.45) is 0. The highest BCUT2D eigenvalue weighted by atomic mass is 35.5. The molecule has 0 bridgehead atoms. The Bertz CT molecular complexity index is 1290. The van der Waals surface area contributed by atoms with Gasteiger partial charge in [-0.25, -0.2) is 4.79 Å². The predicted molar refractivity (Wildman–Crippen MR) is 108 cm³/mol. The first kappa shape index (κ1) is 19.1. The molecular formula is C21H12Cl2O6. The third kappa shape index (κ3) is 3.72. The molecule has 0 radical (unpaired) electrons. The van der Waals surface area contributed by atoms with Crippen molar-refractivity contribution in [2.24, 2.45) is 0 Å². The molecule has 0 saturated carbocycles. The molecule has 0 atom stereocenters. The summed E-state index contributed by atoms with van der Waals surface area (Å²) in [7, 11) is 0. The van der Waals surface area contributed by atoms with Crippen molar-refractivity contribution in [3.05, 3.63) is 86.4 Å². The molecule has 0 saturated heterocycles. The largest absolute Gasteiger partial charge is 0.478 e. The van der Waals surface area contributed by atoms with Gasteiger partial charge in [0.15, 0.2) is 5.76 Å². The molecule has 4 aromatic rings. The highest BCUT2D eigenvalue weighted by molar-refractivity contribution is 6.33. The third-order valence-electron chi connectivity index (χ3n) is 4.16. The van der Waals surface area contributed by atoms with Gasteiger partial charge in [-0.15, -0.1) is 0 Å². The molecule has 0 amide bonds. The minimum atomic E-state index is -1.20. The van der Waals surface area contributed by atoms with E-state index < -0.39 is 11.4 Å². The molecular weight excluding hydrogens is 419 g/mol. The average molecular weight is 431 g/mol. The second-order valence-electron chi connectivity index (χ2n) is 6.07. The number of rotatable bonds is 5. The van der Waals surface area contributed by atoms with Gasteiger partial charge in [-0.3, -0.25) is 4.79 Å². The summed E-state index contributed by atoms with van der Waals surface area (Å²) in [5, 5.41) is 9.96. The number of hydrogen-bond donors (Lipinski definition) is 1. The summed E-state index contributed by atoms with van der Waals surface area (Å²) < 4.78 is 16.8. The summed E-state index contributed by atoms with van der Waals surface area (Å²) in [4.78, 5) is 24.1. The first-order valence-electron chi connectivity index (χ1n) is 8.40. The van der Waals surface area contributed by atoms with E-state index in [1.165, 1.54) is 18.2 Å². The number of furan rings is 1. The fourth-order valence-electron chi connectivity index (χ4n) is 2.82. The van der Waals surface area contributed by atoms with Crippen molar-refractivity contribution in [3.8, 4) is 17.1 Å². The van der Waals surface area contributed by atoms with Gasteiger partial charge in [0, 0.05) is 10.6 Å². The highest BCUT2D eigenvalue weighted by Crippen LogP contribution is 2.36. The van der Waals surface area contributed by atoms with Crippen LogP contribution in [0.25, 0.3) is 22.3 Å². The van der Waals surface area contributed by atoms with Gasteiger partial charge in [-0.1, -0.05) is 35.3 Å². The number of carbonyl (C=O) groups is 1. The summed E-state index contributed by atoms with van der Waals surface area (Å²) in [6.45, 7) is -0.179. The highest BCUT2D eigenvalue weighted by Gasteiger charge is 2.20. The lowest BCUT2D eigenvalue weighted by Gasteiger charge is -2.12. The standard InChI is InChI=1S/C21H12Cl2O6/c22-11-5-7-16-14(9-11)18(24)20(19(29-16)13-3-1-2-4-15(13)23)27-10-12-6-8-17(28-12)21(25)26/h1-9H,10H2,(H,25,26). The van der Waals surface area contributed by atoms with Crippen molar-refractivity contribution in [3.63, 3.8) is 0 Å². The van der Waals surface area contributed by atoms with E-state index in [1.807, 2.05) is 0 Å². The molecule has 146 valence electrons. The van der Waals surface area contributed by atoms with E-state index in [2.05, 4.69) is 0 Å². The summed E-state index contributed by atoms with van der Waals surface area (Å²) in [6, 6.07) is 14.3. The van der Waals surface area contributed by atoms with E-state index in [-0.39, 0.29) is 35.0 Å². The molecule has 2 aromatic carbocycles. The second-order valence-corrected chi connectivity index (χ2v) is 6.91. The van der Waals surface area contributed by atoms with E-state index in [1.54, 1.807) is 36.4 Å². The minimum absolute atomic E-state index is 0.0823. The lowest BCUT2D eigenvalue weighted by molar-refractivity contribution is 0.0658. The maximum absolute atomic E-state index is 13.1. The predicted octanol–water partition coefficient (Wildman–Crippen LogP) is 5.64. The third-order valence-corrected chi connectivity index (χ3v) is 4.73. The van der Waals surface area contributed by atoms with Crippen molar-refractivity contribution in [2.45, 2.75) is 6.61 Å². The van der Waals surface area contributed by atoms with Gasteiger partial charge in [0.25, 0.3) is 0 Å². The molecule has 0 spiro atoms. The number of ether oxygens (including phenoxy) is 1. The van der Waals surface area contributed by atoms with Crippen LogP contribution in [0.4, 0.5) is 0 Å². The quantitative estimate of drug-likeness (QED) is 0.440. The molecule has 0 unspecified atom stereocenters. The number of benzene rings is 2. The fraction of sp³-hybridized carbons (Fsp3) is 0.0476. The van der Waals surface area contributed by atoms with Gasteiger partial charge in [-0.05, 0) is 42.5 Å². The number of aromatic carboxylic acids is 1. The lowest BCUT2D eigenvalue weighted by Crippen LogP contribution is -2.10. The molecule has 8 heteroatoms. The van der Waals surface area contributed by atoms with Crippen LogP contribution in [0.2, 0.25) is 10.0 Å². The number of carboxylic acid groups (broad SMARTS) is 1. The Kier molecular flexibility index (Phi) is 5.05. The molecule has 0 fully saturated rings. The van der Waals surface area contributed by atoms with Crippen molar-refractivity contribution in [2.75, 3.05) is 0 Å². The topological polar surface area (TPSA) is 89.9 Å². The zero-order valence-electron chi connectivity index (χ0n) is 14.6. The minimum Gasteiger partial charge on any atom is -0.478 e. The molecule has 2 aromatic heterocycles. The van der Waals surface area contributed by atoms with E-state index in [0.717, 1.165) is 0 Å². The first-order chi connectivity index (χ1) is 13.9. The molecule has 0 aliphatic carbocycles. The van der Waals surface area contributed by atoms with E-state index in [4.69, 9.17) is 41.9 Å². The first-order valence-corrected chi connectivity index (χ1v) is 9.15. The van der Waals surface area contributed by atoms with Gasteiger partial charge < -0.3 is 18.7 Å². The molecule has 0 aliphatic heterocycles. The van der Waals surface area contributed by atoms with Crippen molar-refractivity contribution >= 4 is 40.1 Å². The van der Waals surface area contributed by atoms with Crippen LogP contribution in [0.1, 0.15) is 16.3 Å². The van der Waals surface area contributed by atoms with Crippen LogP contribution in [0, 0.1) is 0 Å². The zero-order valence-corrected chi connectivity index (χ0v) is 16.2. The molecule has 0 aliphatic rings. The Balaban J connectivity index is 1.84. The van der Waals surface area contributed by atoms with E-state index in [9.17, 15) is 9.59 Å². The average Bonchev–Trinajstić information content (AvgIpc) is 3.17. The molecule has 6 nitrogen and oxygen atoms in total. The van der Waals surface area contributed by atoms with Gasteiger partial charge in [0.1, 0.15) is 18.0 Å². The van der Waals surface area contributed by atoms with Crippen molar-refractivity contribution in [1.29, 1.82) is 0 Å². The lowest BCUT2D eigenvalue weighted by atomic mass is 10.1. The van der Waals surface area contributed by atoms with Crippen molar-refractivity contribution < 1.29 is 23.5 Å². The Morgan fingerprint density at radius 3 is 2.55 bits per heavy atom. The van der Waals surface area contributed by atoms with Crippen LogP contribution in [0.15, 0.2) is 68.2 Å². The maximum atomic E-state index is 13.1. The number of hydrogen-bond acceptors (Lipinski definition) is 5. The normalized spacial score (nSPS) is 11.0. The maximum Gasteiger partial charge on any atom is 0.371 e. The number of halogens is 2. The summed E-state index contributed by atoms with van der Waals surface area (Å²) in [5.41, 5.74) is 0.366. The van der Waals surface area contributed by atoms with Crippen LogP contribution in [-0.2, 0) is 6.61 Å². The smallest absolute Gasteiger partial charge is 0.371 e. The van der Waals surface area contributed by atoms with Gasteiger partial charge in [-0.2, -0.15) is 0 Å². The van der Waals surface area contributed by atoms with Crippen LogP contribution in [0.5, 0.6) is 5.75 Å². The zero-order chi connectivity index (χ0) is 20.5. The second kappa shape index (κ2) is 7.66. The molecule has 1 N–H and O–H groups in total. The number of carboxylic acids is 1. The summed E-state index contributed by atoms with van der Waals surface area (Å²) in [5.74, 6) is -1.13. The monoisotopic (exact) mass is 430 g/mol. The summed E-state index contributed by atoms with van der Waals surface area (Å²) >= 11 is 12.3. The van der Waals surface area contributed by atoms with Gasteiger partial charge in [0.2, 0.25) is 16.9 Å². The van der Waals surface area contributed by atoms with Crippen LogP contribution in [-0.4, -0.2) is 11.1 Å². The van der Waals surface area contributed by atoms with Crippen LogP contribution >= 0.6 is 23.2 Å². The Labute approximate surface area is 173 Å².